The Hall–Kier alpha value is -3.13. The molecule has 5 rings (SSSR count). The van der Waals surface area contributed by atoms with Crippen LogP contribution in [0.2, 0.25) is 0 Å². The molecule has 2 aliphatic rings. The van der Waals surface area contributed by atoms with Gasteiger partial charge in [-0.15, -0.1) is 0 Å². The van der Waals surface area contributed by atoms with Crippen molar-refractivity contribution in [3.63, 3.8) is 0 Å². The maximum atomic E-state index is 11.3. The fraction of sp³-hybridized carbons (Fsp3) is 0.550. The van der Waals surface area contributed by atoms with Crippen molar-refractivity contribution in [1.82, 2.24) is 29.3 Å². The molecule has 4 heterocycles. The van der Waals surface area contributed by atoms with E-state index in [0.717, 1.165) is 25.7 Å². The molecule has 1 saturated carbocycles. The van der Waals surface area contributed by atoms with E-state index < -0.39 is 37.1 Å². The summed E-state index contributed by atoms with van der Waals surface area (Å²) >= 11 is 0. The first-order valence-electron chi connectivity index (χ1n) is 10.9. The lowest BCUT2D eigenvalue weighted by molar-refractivity contribution is -0.0511. The summed E-state index contributed by atoms with van der Waals surface area (Å²) in [6.45, 7) is -0.457. The van der Waals surface area contributed by atoms with Crippen molar-refractivity contribution in [1.29, 1.82) is 0 Å². The fourth-order valence-electron chi connectivity index (χ4n) is 4.39. The number of ether oxygens (including phenoxy) is 1. The molecule has 3 aromatic heterocycles. The Labute approximate surface area is 187 Å². The number of fused-ring (bicyclic) bond motifs is 1. The Balaban J connectivity index is 1.59. The molecule has 4 atom stereocenters. The molecule has 0 bridgehead atoms. The van der Waals surface area contributed by atoms with E-state index >= 15 is 0 Å². The van der Waals surface area contributed by atoms with E-state index in [0.29, 0.717) is 17.0 Å². The van der Waals surface area contributed by atoms with E-state index in [1.54, 1.807) is 0 Å². The molecule has 0 amide bonds. The molecule has 3 aromatic rings. The lowest BCUT2D eigenvalue weighted by Crippen LogP contribution is -2.33. The van der Waals surface area contributed by atoms with E-state index in [-0.39, 0.29) is 17.6 Å². The van der Waals surface area contributed by atoms with E-state index in [1.165, 1.54) is 34.4 Å². The summed E-state index contributed by atoms with van der Waals surface area (Å²) in [6.07, 6.45) is 4.76. The Morgan fingerprint density at radius 1 is 1.18 bits per heavy atom. The summed E-state index contributed by atoms with van der Waals surface area (Å²) in [7, 11) is 0. The van der Waals surface area contributed by atoms with Gasteiger partial charge >= 0.3 is 5.97 Å². The van der Waals surface area contributed by atoms with Gasteiger partial charge in [0.1, 0.15) is 18.3 Å². The number of imidazole rings is 1. The van der Waals surface area contributed by atoms with Gasteiger partial charge in [-0.05, 0) is 12.8 Å². The quantitative estimate of drug-likeness (QED) is 0.336. The lowest BCUT2D eigenvalue weighted by atomic mass is 9.95. The molecular formula is C20H25N7O6. The first-order chi connectivity index (χ1) is 16.0. The van der Waals surface area contributed by atoms with Crippen LogP contribution in [0.25, 0.3) is 17.1 Å². The third kappa shape index (κ3) is 3.93. The summed E-state index contributed by atoms with van der Waals surface area (Å²) in [5.74, 6) is -0.555. The van der Waals surface area contributed by atoms with Gasteiger partial charge in [0, 0.05) is 12.2 Å². The Bertz CT molecular complexity index is 1160. The zero-order valence-electron chi connectivity index (χ0n) is 17.7. The highest BCUT2D eigenvalue weighted by Gasteiger charge is 2.44. The molecule has 13 nitrogen and oxygen atoms in total. The van der Waals surface area contributed by atoms with Crippen LogP contribution in [0.15, 0.2) is 18.7 Å². The number of anilines is 1. The van der Waals surface area contributed by atoms with Gasteiger partial charge in [-0.3, -0.25) is 4.57 Å². The first kappa shape index (κ1) is 21.7. The highest BCUT2D eigenvalue weighted by atomic mass is 16.6. The zero-order chi connectivity index (χ0) is 23.1. The van der Waals surface area contributed by atoms with Crippen LogP contribution in [0, 0.1) is 0 Å². The standard InChI is InChI=1S/C20H25N7O6/c28-8-12-14(29)15(30)18(33-12)26-9-21-13-16(23-11-4-2-1-3-5-11)24-20(25-17(13)26)27-7-10(6-22-27)19(31)32/h6-7,9,11-12,14-15,18,28-30H,1-5,8H2,(H,31,32)(H,23,24,25)/t12-,14-,15-,18-/m1/s1. The normalized spacial score (nSPS) is 26.2. The van der Waals surface area contributed by atoms with Gasteiger partial charge in [0.25, 0.3) is 5.95 Å². The summed E-state index contributed by atoms with van der Waals surface area (Å²) in [6, 6.07) is 0.205. The second-order valence-corrected chi connectivity index (χ2v) is 8.38. The maximum absolute atomic E-state index is 11.3. The topological polar surface area (TPSA) is 181 Å². The van der Waals surface area contributed by atoms with Crippen molar-refractivity contribution in [3.8, 4) is 5.95 Å². The van der Waals surface area contributed by atoms with Gasteiger partial charge < -0.3 is 30.5 Å². The molecule has 2 fully saturated rings. The number of aromatic carboxylic acids is 1. The fourth-order valence-corrected chi connectivity index (χ4v) is 4.39. The highest BCUT2D eigenvalue weighted by Crippen LogP contribution is 2.33. The van der Waals surface area contributed by atoms with Crippen molar-refractivity contribution in [2.24, 2.45) is 0 Å². The van der Waals surface area contributed by atoms with Crippen molar-refractivity contribution < 1.29 is 30.0 Å². The number of hydrogen-bond acceptors (Lipinski definition) is 10. The molecular weight excluding hydrogens is 434 g/mol. The van der Waals surface area contributed by atoms with Gasteiger partial charge in [0.2, 0.25) is 0 Å². The van der Waals surface area contributed by atoms with Gasteiger partial charge in [-0.2, -0.15) is 15.1 Å². The van der Waals surface area contributed by atoms with Gasteiger partial charge in [-0.25, -0.2) is 14.5 Å². The van der Waals surface area contributed by atoms with Gasteiger partial charge in [0.05, 0.1) is 24.7 Å². The molecule has 0 aromatic carbocycles. The van der Waals surface area contributed by atoms with Gasteiger partial charge in [-0.1, -0.05) is 19.3 Å². The Morgan fingerprint density at radius 2 is 1.97 bits per heavy atom. The zero-order valence-corrected chi connectivity index (χ0v) is 17.7. The molecule has 1 saturated heterocycles. The van der Waals surface area contributed by atoms with Crippen LogP contribution in [0.1, 0.15) is 48.7 Å². The van der Waals surface area contributed by atoms with Crippen LogP contribution >= 0.6 is 0 Å². The van der Waals surface area contributed by atoms with Crippen molar-refractivity contribution >= 4 is 23.0 Å². The minimum atomic E-state index is -1.31. The summed E-state index contributed by atoms with van der Waals surface area (Å²) in [5.41, 5.74) is 0.727. The number of hydrogen-bond donors (Lipinski definition) is 5. The summed E-state index contributed by atoms with van der Waals surface area (Å²) in [4.78, 5) is 24.8. The minimum Gasteiger partial charge on any atom is -0.478 e. The SMILES string of the molecule is O=C(O)c1cnn(-c2nc(NC3CCCCC3)c3ncn([C@@H]4O[C@H](CO)[C@@H](O)[C@H]4O)c3n2)c1. The molecule has 1 aliphatic carbocycles. The van der Waals surface area contributed by atoms with Crippen LogP contribution in [-0.2, 0) is 4.74 Å². The number of aliphatic hydroxyl groups excluding tert-OH is 3. The number of rotatable bonds is 6. The molecule has 33 heavy (non-hydrogen) atoms. The number of nitrogens with zero attached hydrogens (tertiary/aromatic N) is 6. The predicted octanol–water partition coefficient (Wildman–Crippen LogP) is 0.0663. The van der Waals surface area contributed by atoms with E-state index in [1.807, 2.05) is 0 Å². The molecule has 1 aliphatic heterocycles. The first-order valence-corrected chi connectivity index (χ1v) is 10.9. The predicted molar refractivity (Wildman–Crippen MR) is 113 cm³/mol. The average Bonchev–Trinajstić information content (AvgIpc) is 3.53. The number of aliphatic hydroxyl groups is 3. The lowest BCUT2D eigenvalue weighted by Gasteiger charge is -2.23. The smallest absolute Gasteiger partial charge is 0.338 e. The highest BCUT2D eigenvalue weighted by molar-refractivity contribution is 5.87. The van der Waals surface area contributed by atoms with E-state index in [9.17, 15) is 25.2 Å². The minimum absolute atomic E-state index is 0.0162. The van der Waals surface area contributed by atoms with Crippen molar-refractivity contribution in [3.05, 3.63) is 24.3 Å². The number of aromatic nitrogens is 6. The van der Waals surface area contributed by atoms with Crippen molar-refractivity contribution in [2.75, 3.05) is 11.9 Å². The van der Waals surface area contributed by atoms with Crippen LogP contribution in [0.3, 0.4) is 0 Å². The maximum Gasteiger partial charge on any atom is 0.338 e. The number of carboxylic acid groups (broad SMARTS) is 1. The number of carboxylic acids is 1. The van der Waals surface area contributed by atoms with Crippen LogP contribution in [0.5, 0.6) is 0 Å². The van der Waals surface area contributed by atoms with E-state index in [4.69, 9.17) is 4.74 Å². The number of nitrogens with one attached hydrogen (secondary N) is 1. The second-order valence-electron chi connectivity index (χ2n) is 8.38. The van der Waals surface area contributed by atoms with Gasteiger partial charge in [0.15, 0.2) is 23.2 Å². The Kier molecular flexibility index (Phi) is 5.70. The van der Waals surface area contributed by atoms with Crippen LogP contribution in [-0.4, -0.2) is 86.7 Å². The van der Waals surface area contributed by atoms with Crippen LogP contribution in [0.4, 0.5) is 5.82 Å². The molecule has 0 radical (unpaired) electrons. The Morgan fingerprint density at radius 3 is 2.64 bits per heavy atom. The number of carbonyl (C=O) groups is 1. The third-order valence-electron chi connectivity index (χ3n) is 6.18. The molecule has 0 unspecified atom stereocenters. The molecule has 13 heteroatoms. The average molecular weight is 459 g/mol. The van der Waals surface area contributed by atoms with Crippen molar-refractivity contribution in [2.45, 2.75) is 62.7 Å². The monoisotopic (exact) mass is 459 g/mol. The largest absolute Gasteiger partial charge is 0.478 e. The van der Waals surface area contributed by atoms with Crippen LogP contribution < -0.4 is 5.32 Å². The summed E-state index contributed by atoms with van der Waals surface area (Å²) < 4.78 is 8.37. The third-order valence-corrected chi connectivity index (χ3v) is 6.18. The second kappa shape index (κ2) is 8.67. The molecule has 0 spiro atoms. The summed E-state index contributed by atoms with van der Waals surface area (Å²) in [5, 5.41) is 46.8. The molecule has 176 valence electrons. The molecule has 5 N–H and O–H groups in total. The van der Waals surface area contributed by atoms with E-state index in [2.05, 4.69) is 25.4 Å².